The highest BCUT2D eigenvalue weighted by Crippen LogP contribution is 2.25. The molecule has 0 bridgehead atoms. The molecule has 0 saturated heterocycles. The molecule has 0 unspecified atom stereocenters. The number of aromatic nitrogens is 3. The fraction of sp³-hybridized carbons (Fsp3) is 0.200. The van der Waals surface area contributed by atoms with Crippen LogP contribution in [0.2, 0.25) is 0 Å². The normalized spacial score (nSPS) is 11.0. The first-order valence-corrected chi connectivity index (χ1v) is 7.08. The number of imidazole rings is 1. The molecular formula is C15H13ClFN3O. The van der Waals surface area contributed by atoms with E-state index in [9.17, 15) is 4.39 Å². The summed E-state index contributed by atoms with van der Waals surface area (Å²) in [6.07, 6.45) is 3.33. The second-order valence-corrected chi connectivity index (χ2v) is 4.68. The fourth-order valence-corrected chi connectivity index (χ4v) is 2.44. The van der Waals surface area contributed by atoms with E-state index in [0.29, 0.717) is 18.1 Å². The predicted molar refractivity (Wildman–Crippen MR) is 79.5 cm³/mol. The number of pyridine rings is 1. The van der Waals surface area contributed by atoms with Gasteiger partial charge in [0.2, 0.25) is 0 Å². The minimum Gasteiger partial charge on any atom is -0.491 e. The van der Waals surface area contributed by atoms with Crippen LogP contribution in [-0.4, -0.2) is 21.1 Å². The summed E-state index contributed by atoms with van der Waals surface area (Å²) in [6, 6.07) is 6.64. The molecule has 0 saturated carbocycles. The second kappa shape index (κ2) is 5.69. The van der Waals surface area contributed by atoms with E-state index < -0.39 is 5.82 Å². The Morgan fingerprint density at radius 3 is 2.90 bits per heavy atom. The molecule has 0 aliphatic heterocycles. The molecule has 3 rings (SSSR count). The number of halogens is 2. The number of rotatable bonds is 4. The third kappa shape index (κ3) is 2.45. The average molecular weight is 306 g/mol. The Hall–Kier alpha value is -2.14. The van der Waals surface area contributed by atoms with Crippen LogP contribution in [0.3, 0.4) is 0 Å². The summed E-state index contributed by atoms with van der Waals surface area (Å²) >= 11 is 5.95. The van der Waals surface area contributed by atoms with Gasteiger partial charge in [0, 0.05) is 12.3 Å². The largest absolute Gasteiger partial charge is 0.491 e. The summed E-state index contributed by atoms with van der Waals surface area (Å²) in [5.41, 5.74) is 2.21. The first-order chi connectivity index (χ1) is 10.2. The molecule has 0 aliphatic rings. The molecule has 2 aromatic heterocycles. The lowest BCUT2D eigenvalue weighted by Gasteiger charge is -2.10. The molecule has 0 atom stereocenters. The van der Waals surface area contributed by atoms with E-state index in [0.717, 1.165) is 11.0 Å². The maximum Gasteiger partial charge on any atom is 0.167 e. The van der Waals surface area contributed by atoms with Gasteiger partial charge in [-0.05, 0) is 25.1 Å². The number of nitrogens with zero attached hydrogens (tertiary/aromatic N) is 3. The third-order valence-electron chi connectivity index (χ3n) is 3.12. The summed E-state index contributed by atoms with van der Waals surface area (Å²) in [6.45, 7) is 2.23. The minimum atomic E-state index is -0.411. The van der Waals surface area contributed by atoms with Crippen LogP contribution in [0, 0.1) is 5.82 Å². The van der Waals surface area contributed by atoms with E-state index in [1.165, 1.54) is 6.07 Å². The lowest BCUT2D eigenvalue weighted by atomic mass is 10.2. The van der Waals surface area contributed by atoms with E-state index in [1.807, 2.05) is 17.6 Å². The number of benzene rings is 1. The highest BCUT2D eigenvalue weighted by Gasteiger charge is 2.13. The molecule has 4 nitrogen and oxygen atoms in total. The lowest BCUT2D eigenvalue weighted by molar-refractivity contribution is 0.321. The van der Waals surface area contributed by atoms with Crippen LogP contribution in [0.25, 0.3) is 16.7 Å². The SMILES string of the molecule is CCOc1ccc(-n2c(CCl)nc3cnccc32)cc1F. The molecule has 0 fully saturated rings. The zero-order valence-corrected chi connectivity index (χ0v) is 12.1. The van der Waals surface area contributed by atoms with Crippen molar-refractivity contribution in [3.05, 3.63) is 48.3 Å². The maximum absolute atomic E-state index is 14.1. The number of ether oxygens (including phenoxy) is 1. The van der Waals surface area contributed by atoms with Gasteiger partial charge in [-0.15, -0.1) is 11.6 Å². The van der Waals surface area contributed by atoms with Crippen molar-refractivity contribution >= 4 is 22.6 Å². The standard InChI is InChI=1S/C15H13ClFN3O/c1-2-21-14-4-3-10(7-11(14)17)20-13-5-6-18-9-12(13)19-15(20)8-16/h3-7,9H,2,8H2,1H3. The van der Waals surface area contributed by atoms with Crippen LogP contribution in [0.15, 0.2) is 36.7 Å². The van der Waals surface area contributed by atoms with Crippen LogP contribution in [0.5, 0.6) is 5.75 Å². The van der Waals surface area contributed by atoms with Gasteiger partial charge >= 0.3 is 0 Å². The highest BCUT2D eigenvalue weighted by molar-refractivity contribution is 6.17. The number of hydrogen-bond acceptors (Lipinski definition) is 3. The summed E-state index contributed by atoms with van der Waals surface area (Å²) in [4.78, 5) is 8.45. The second-order valence-electron chi connectivity index (χ2n) is 4.41. The van der Waals surface area contributed by atoms with Crippen molar-refractivity contribution in [1.82, 2.24) is 14.5 Å². The minimum absolute atomic E-state index is 0.226. The van der Waals surface area contributed by atoms with Crippen LogP contribution >= 0.6 is 11.6 Å². The molecule has 0 N–H and O–H groups in total. The molecule has 0 radical (unpaired) electrons. The van der Waals surface area contributed by atoms with Crippen molar-refractivity contribution in [2.75, 3.05) is 6.61 Å². The van der Waals surface area contributed by atoms with Gasteiger partial charge in [-0.2, -0.15) is 0 Å². The Morgan fingerprint density at radius 1 is 1.33 bits per heavy atom. The smallest absolute Gasteiger partial charge is 0.167 e. The average Bonchev–Trinajstić information content (AvgIpc) is 2.88. The Kier molecular flexibility index (Phi) is 3.75. The topological polar surface area (TPSA) is 39.9 Å². The van der Waals surface area contributed by atoms with Crippen molar-refractivity contribution in [1.29, 1.82) is 0 Å². The van der Waals surface area contributed by atoms with E-state index in [1.54, 1.807) is 24.5 Å². The summed E-state index contributed by atoms with van der Waals surface area (Å²) in [5.74, 6) is 0.692. The quantitative estimate of drug-likeness (QED) is 0.690. The third-order valence-corrected chi connectivity index (χ3v) is 3.36. The molecule has 1 aromatic carbocycles. The van der Waals surface area contributed by atoms with Gasteiger partial charge in [0.25, 0.3) is 0 Å². The zero-order valence-electron chi connectivity index (χ0n) is 11.4. The van der Waals surface area contributed by atoms with Gasteiger partial charge in [0.1, 0.15) is 11.3 Å². The van der Waals surface area contributed by atoms with Crippen molar-refractivity contribution in [2.24, 2.45) is 0 Å². The molecular weight excluding hydrogens is 293 g/mol. The van der Waals surface area contributed by atoms with Crippen LogP contribution in [0.4, 0.5) is 4.39 Å². The zero-order chi connectivity index (χ0) is 14.8. The monoisotopic (exact) mass is 305 g/mol. The first-order valence-electron chi connectivity index (χ1n) is 6.54. The van der Waals surface area contributed by atoms with E-state index in [4.69, 9.17) is 16.3 Å². The molecule has 0 spiro atoms. The molecule has 0 amide bonds. The summed E-state index contributed by atoms with van der Waals surface area (Å²) < 4.78 is 21.1. The number of fused-ring (bicyclic) bond motifs is 1. The van der Waals surface area contributed by atoms with Gasteiger partial charge in [0.15, 0.2) is 11.6 Å². The Balaban J connectivity index is 2.17. The van der Waals surface area contributed by atoms with Crippen molar-refractivity contribution < 1.29 is 9.13 Å². The Labute approximate surface area is 126 Å². The first kappa shape index (κ1) is 13.8. The van der Waals surface area contributed by atoms with Crippen LogP contribution < -0.4 is 4.74 Å². The molecule has 0 aliphatic carbocycles. The maximum atomic E-state index is 14.1. The lowest BCUT2D eigenvalue weighted by Crippen LogP contribution is -2.01. The van der Waals surface area contributed by atoms with Gasteiger partial charge in [-0.25, -0.2) is 9.37 Å². The van der Waals surface area contributed by atoms with Crippen molar-refractivity contribution in [3.63, 3.8) is 0 Å². The van der Waals surface area contributed by atoms with E-state index in [2.05, 4.69) is 9.97 Å². The van der Waals surface area contributed by atoms with E-state index in [-0.39, 0.29) is 11.6 Å². The van der Waals surface area contributed by atoms with Crippen molar-refractivity contribution in [2.45, 2.75) is 12.8 Å². The molecule has 21 heavy (non-hydrogen) atoms. The van der Waals surface area contributed by atoms with Gasteiger partial charge in [0.05, 0.1) is 29.9 Å². The number of alkyl halides is 1. The molecule has 3 aromatic rings. The predicted octanol–water partition coefficient (Wildman–Crippen LogP) is 3.70. The highest BCUT2D eigenvalue weighted by atomic mass is 35.5. The van der Waals surface area contributed by atoms with Gasteiger partial charge in [-0.3, -0.25) is 9.55 Å². The van der Waals surface area contributed by atoms with Crippen LogP contribution in [0.1, 0.15) is 12.7 Å². The molecule has 6 heteroatoms. The fourth-order valence-electron chi connectivity index (χ4n) is 2.26. The summed E-state index contributed by atoms with van der Waals surface area (Å²) in [7, 11) is 0. The van der Waals surface area contributed by atoms with Gasteiger partial charge in [-0.1, -0.05) is 0 Å². The number of hydrogen-bond donors (Lipinski definition) is 0. The Bertz CT molecular complexity index is 788. The van der Waals surface area contributed by atoms with Gasteiger partial charge < -0.3 is 4.74 Å². The molecule has 2 heterocycles. The van der Waals surface area contributed by atoms with Crippen molar-refractivity contribution in [3.8, 4) is 11.4 Å². The summed E-state index contributed by atoms with van der Waals surface area (Å²) in [5, 5.41) is 0. The molecule has 108 valence electrons. The van der Waals surface area contributed by atoms with Crippen LogP contribution in [-0.2, 0) is 5.88 Å². The Morgan fingerprint density at radius 2 is 2.19 bits per heavy atom. The van der Waals surface area contributed by atoms with E-state index >= 15 is 0 Å².